The molecule has 0 aliphatic heterocycles. The molecule has 0 aromatic heterocycles. The number of hydrogen-bond donors (Lipinski definition) is 3. The van der Waals surface area contributed by atoms with Gasteiger partial charge in [-0.15, -0.1) is 0 Å². The monoisotopic (exact) mass is 300 g/mol. The van der Waals surface area contributed by atoms with Gasteiger partial charge >= 0.3 is 12.0 Å². The van der Waals surface area contributed by atoms with Gasteiger partial charge in [0.05, 0.1) is 19.9 Å². The van der Waals surface area contributed by atoms with E-state index in [0.717, 1.165) is 6.07 Å². The molecular weight excluding hydrogens is 283 g/mol. The molecular formula is C13H17FN2O5. The molecule has 7 nitrogen and oxygen atoms in total. The number of rotatable bonds is 7. The molecule has 21 heavy (non-hydrogen) atoms. The number of carboxylic acids is 1. The lowest BCUT2D eigenvalue weighted by atomic mass is 10.2. The Balaban J connectivity index is 2.61. The third-order valence-corrected chi connectivity index (χ3v) is 2.57. The Morgan fingerprint density at radius 3 is 2.43 bits per heavy atom. The summed E-state index contributed by atoms with van der Waals surface area (Å²) in [7, 11) is 2.77. The van der Waals surface area contributed by atoms with Crippen LogP contribution in [0.2, 0.25) is 0 Å². The number of hydrogen-bond acceptors (Lipinski definition) is 4. The van der Waals surface area contributed by atoms with Crippen molar-refractivity contribution < 1.29 is 28.6 Å². The number of methoxy groups -OCH3 is 2. The molecule has 1 rings (SSSR count). The van der Waals surface area contributed by atoms with E-state index in [1.54, 1.807) is 0 Å². The lowest BCUT2D eigenvalue weighted by Crippen LogP contribution is -2.30. The number of amides is 2. The quantitative estimate of drug-likeness (QED) is 0.667. The van der Waals surface area contributed by atoms with Gasteiger partial charge in [0.1, 0.15) is 0 Å². The highest BCUT2D eigenvalue weighted by molar-refractivity contribution is 5.89. The van der Waals surface area contributed by atoms with Gasteiger partial charge in [-0.3, -0.25) is 4.79 Å². The number of benzene rings is 1. The summed E-state index contributed by atoms with van der Waals surface area (Å²) in [6.07, 6.45) is 0.238. The second-order valence-corrected chi connectivity index (χ2v) is 4.07. The number of urea groups is 1. The zero-order valence-electron chi connectivity index (χ0n) is 11.7. The third-order valence-electron chi connectivity index (χ3n) is 2.57. The van der Waals surface area contributed by atoms with Crippen LogP contribution in [0.4, 0.5) is 14.9 Å². The molecule has 0 radical (unpaired) electrons. The van der Waals surface area contributed by atoms with Crippen molar-refractivity contribution in [2.45, 2.75) is 12.8 Å². The first-order valence-electron chi connectivity index (χ1n) is 6.16. The number of carbonyl (C=O) groups is 2. The molecule has 0 saturated carbocycles. The van der Waals surface area contributed by atoms with Crippen molar-refractivity contribution in [3.8, 4) is 11.5 Å². The zero-order valence-corrected chi connectivity index (χ0v) is 11.7. The van der Waals surface area contributed by atoms with Crippen LogP contribution in [0.3, 0.4) is 0 Å². The summed E-state index contributed by atoms with van der Waals surface area (Å²) >= 11 is 0. The van der Waals surface area contributed by atoms with E-state index in [0.29, 0.717) is 0 Å². The van der Waals surface area contributed by atoms with Crippen molar-refractivity contribution in [1.82, 2.24) is 5.32 Å². The number of nitrogens with one attached hydrogen (secondary N) is 2. The molecule has 0 aliphatic rings. The van der Waals surface area contributed by atoms with Gasteiger partial charge in [-0.05, 0) is 6.42 Å². The van der Waals surface area contributed by atoms with Crippen molar-refractivity contribution in [2.24, 2.45) is 0 Å². The zero-order chi connectivity index (χ0) is 15.8. The van der Waals surface area contributed by atoms with Crippen LogP contribution in [0.15, 0.2) is 12.1 Å². The number of halogens is 1. The van der Waals surface area contributed by atoms with E-state index in [2.05, 4.69) is 10.6 Å². The van der Waals surface area contributed by atoms with Crippen LogP contribution >= 0.6 is 0 Å². The molecule has 0 heterocycles. The fourth-order valence-corrected chi connectivity index (χ4v) is 1.56. The van der Waals surface area contributed by atoms with Crippen LogP contribution in [0.1, 0.15) is 12.8 Å². The highest BCUT2D eigenvalue weighted by Crippen LogP contribution is 2.32. The first kappa shape index (κ1) is 16.5. The Morgan fingerprint density at radius 2 is 1.86 bits per heavy atom. The fraction of sp³-hybridized carbons (Fsp3) is 0.385. The van der Waals surface area contributed by atoms with Crippen LogP contribution in [-0.4, -0.2) is 37.9 Å². The average molecular weight is 300 g/mol. The van der Waals surface area contributed by atoms with Crippen LogP contribution < -0.4 is 20.1 Å². The van der Waals surface area contributed by atoms with Gasteiger partial charge in [-0.1, -0.05) is 0 Å². The molecule has 0 atom stereocenters. The molecule has 1 aromatic rings. The Bertz CT molecular complexity index is 522. The van der Waals surface area contributed by atoms with E-state index in [9.17, 15) is 14.0 Å². The Labute approximate surface area is 121 Å². The van der Waals surface area contributed by atoms with Gasteiger partial charge in [0.2, 0.25) is 0 Å². The predicted octanol–water partition coefficient (Wildman–Crippen LogP) is 1.83. The largest absolute Gasteiger partial charge is 0.493 e. The number of ether oxygens (including phenoxy) is 2. The maximum Gasteiger partial charge on any atom is 0.319 e. The highest BCUT2D eigenvalue weighted by atomic mass is 19.1. The van der Waals surface area contributed by atoms with Crippen LogP contribution in [0.25, 0.3) is 0 Å². The number of anilines is 1. The fourth-order valence-electron chi connectivity index (χ4n) is 1.56. The van der Waals surface area contributed by atoms with E-state index in [-0.39, 0.29) is 36.6 Å². The summed E-state index contributed by atoms with van der Waals surface area (Å²) in [6, 6.07) is 1.76. The molecule has 1 aromatic carbocycles. The average Bonchev–Trinajstić information content (AvgIpc) is 2.45. The van der Waals surface area contributed by atoms with Crippen molar-refractivity contribution >= 4 is 17.7 Å². The second kappa shape index (κ2) is 7.93. The van der Waals surface area contributed by atoms with Crippen molar-refractivity contribution in [1.29, 1.82) is 0 Å². The van der Waals surface area contributed by atoms with Crippen molar-refractivity contribution in [3.05, 3.63) is 17.9 Å². The molecule has 0 aliphatic carbocycles. The molecule has 8 heteroatoms. The number of carboxylic acid groups (broad SMARTS) is 1. The lowest BCUT2D eigenvalue weighted by molar-refractivity contribution is -0.137. The van der Waals surface area contributed by atoms with E-state index >= 15 is 0 Å². The van der Waals surface area contributed by atoms with E-state index in [4.69, 9.17) is 14.6 Å². The van der Waals surface area contributed by atoms with E-state index in [1.807, 2.05) is 0 Å². The van der Waals surface area contributed by atoms with Gasteiger partial charge in [-0.25, -0.2) is 9.18 Å². The van der Waals surface area contributed by atoms with Gasteiger partial charge in [0.15, 0.2) is 17.3 Å². The van der Waals surface area contributed by atoms with Crippen LogP contribution in [-0.2, 0) is 4.79 Å². The molecule has 0 fully saturated rings. The Kier molecular flexibility index (Phi) is 6.25. The second-order valence-electron chi connectivity index (χ2n) is 4.07. The molecule has 3 N–H and O–H groups in total. The minimum atomic E-state index is -0.942. The molecule has 0 unspecified atom stereocenters. The summed E-state index contributed by atoms with van der Waals surface area (Å²) in [5, 5.41) is 13.2. The molecule has 0 saturated heterocycles. The summed E-state index contributed by atoms with van der Waals surface area (Å²) in [5.74, 6) is -1.13. The smallest absolute Gasteiger partial charge is 0.319 e. The first-order valence-corrected chi connectivity index (χ1v) is 6.16. The van der Waals surface area contributed by atoms with Crippen molar-refractivity contribution in [2.75, 3.05) is 26.1 Å². The van der Waals surface area contributed by atoms with E-state index in [1.165, 1.54) is 20.3 Å². The third kappa shape index (κ3) is 5.17. The lowest BCUT2D eigenvalue weighted by Gasteiger charge is -2.12. The maximum atomic E-state index is 13.8. The summed E-state index contributed by atoms with van der Waals surface area (Å²) < 4.78 is 23.7. The summed E-state index contributed by atoms with van der Waals surface area (Å²) in [4.78, 5) is 21.9. The highest BCUT2D eigenvalue weighted by Gasteiger charge is 2.13. The normalized spacial score (nSPS) is 9.86. The topological polar surface area (TPSA) is 96.9 Å². The molecule has 2 amide bonds. The first-order chi connectivity index (χ1) is 9.97. The number of aliphatic carboxylic acids is 1. The van der Waals surface area contributed by atoms with Crippen LogP contribution in [0.5, 0.6) is 11.5 Å². The van der Waals surface area contributed by atoms with Gasteiger partial charge < -0.3 is 25.2 Å². The minimum Gasteiger partial charge on any atom is -0.493 e. The van der Waals surface area contributed by atoms with Crippen LogP contribution in [0, 0.1) is 5.82 Å². The summed E-state index contributed by atoms with van der Waals surface area (Å²) in [6.45, 7) is 0.174. The standard InChI is InChI=1S/C13H17FN2O5/c1-20-10-6-8(14)9(7-11(10)21-2)16-13(19)15-5-3-4-12(17)18/h6-7H,3-5H2,1-2H3,(H,17,18)(H2,15,16,19). The van der Waals surface area contributed by atoms with Gasteiger partial charge in [-0.2, -0.15) is 0 Å². The molecule has 0 bridgehead atoms. The Morgan fingerprint density at radius 1 is 1.24 bits per heavy atom. The van der Waals surface area contributed by atoms with E-state index < -0.39 is 17.8 Å². The van der Waals surface area contributed by atoms with Gasteiger partial charge in [0.25, 0.3) is 0 Å². The number of carbonyl (C=O) groups excluding carboxylic acids is 1. The van der Waals surface area contributed by atoms with Crippen molar-refractivity contribution in [3.63, 3.8) is 0 Å². The SMILES string of the molecule is COc1cc(F)c(NC(=O)NCCCC(=O)O)cc1OC. The van der Waals surface area contributed by atoms with Gasteiger partial charge in [0, 0.05) is 25.1 Å². The molecule has 116 valence electrons. The minimum absolute atomic E-state index is 0.0506. The summed E-state index contributed by atoms with van der Waals surface area (Å²) in [5.41, 5.74) is -0.0663. The maximum absolute atomic E-state index is 13.8. The predicted molar refractivity (Wildman–Crippen MR) is 73.4 cm³/mol. The molecule has 0 spiro atoms. The Hall–Kier alpha value is -2.51.